The molecule has 1 fully saturated rings. The summed E-state index contributed by atoms with van der Waals surface area (Å²) in [6.45, 7) is 3.33. The zero-order valence-electron chi connectivity index (χ0n) is 9.87. The zero-order chi connectivity index (χ0) is 11.4. The van der Waals surface area contributed by atoms with E-state index in [0.717, 1.165) is 12.4 Å². The minimum absolute atomic E-state index is 0.418. The Morgan fingerprint density at radius 3 is 2.62 bits per heavy atom. The summed E-state index contributed by atoms with van der Waals surface area (Å²) in [5.41, 5.74) is 5.91. The third kappa shape index (κ3) is 2.84. The lowest BCUT2D eigenvalue weighted by molar-refractivity contribution is 0.233. The average Bonchev–Trinajstić information content (AvgIpc) is 2.29. The van der Waals surface area contributed by atoms with Gasteiger partial charge in [-0.3, -0.25) is 0 Å². The van der Waals surface area contributed by atoms with Crippen LogP contribution in [0.15, 0.2) is 12.4 Å². The number of nitrogens with two attached hydrogens (primary N) is 1. The fourth-order valence-electron chi connectivity index (χ4n) is 2.32. The van der Waals surface area contributed by atoms with Crippen LogP contribution in [0.25, 0.3) is 0 Å². The normalized spacial score (nSPS) is 19.3. The van der Waals surface area contributed by atoms with E-state index in [1.807, 2.05) is 0 Å². The van der Waals surface area contributed by atoms with Crippen LogP contribution < -0.4 is 11.1 Å². The molecule has 16 heavy (non-hydrogen) atoms. The summed E-state index contributed by atoms with van der Waals surface area (Å²) in [4.78, 5) is 8.21. The fourth-order valence-corrected chi connectivity index (χ4v) is 2.32. The Morgan fingerprint density at radius 2 is 2.00 bits per heavy atom. The lowest BCUT2D eigenvalue weighted by atomic mass is 9.76. The highest BCUT2D eigenvalue weighted by Gasteiger charge is 2.26. The van der Waals surface area contributed by atoms with Gasteiger partial charge in [-0.2, -0.15) is 0 Å². The van der Waals surface area contributed by atoms with Crippen molar-refractivity contribution in [3.05, 3.63) is 12.4 Å². The first-order valence-corrected chi connectivity index (χ1v) is 5.99. The van der Waals surface area contributed by atoms with Crippen LogP contribution in [0.1, 0.15) is 39.0 Å². The second kappa shape index (κ2) is 4.68. The van der Waals surface area contributed by atoms with Gasteiger partial charge in [0.25, 0.3) is 0 Å². The summed E-state index contributed by atoms with van der Waals surface area (Å²) in [5.74, 6) is 1.29. The Morgan fingerprint density at radius 1 is 1.25 bits per heavy atom. The van der Waals surface area contributed by atoms with E-state index in [9.17, 15) is 0 Å². The predicted molar refractivity (Wildman–Crippen MR) is 66.1 cm³/mol. The SMILES string of the molecule is CC1(CNc2cnc(N)cn2)CCCCC1. The topological polar surface area (TPSA) is 63.8 Å². The van der Waals surface area contributed by atoms with Crippen LogP contribution in [0, 0.1) is 5.41 Å². The van der Waals surface area contributed by atoms with Gasteiger partial charge in [-0.25, -0.2) is 9.97 Å². The highest BCUT2D eigenvalue weighted by molar-refractivity contribution is 5.36. The molecule has 2 rings (SSSR count). The van der Waals surface area contributed by atoms with Gasteiger partial charge in [0.05, 0.1) is 12.4 Å². The lowest BCUT2D eigenvalue weighted by Gasteiger charge is -2.33. The van der Waals surface area contributed by atoms with E-state index in [2.05, 4.69) is 22.2 Å². The smallest absolute Gasteiger partial charge is 0.144 e. The van der Waals surface area contributed by atoms with Gasteiger partial charge in [-0.05, 0) is 18.3 Å². The molecule has 0 aromatic carbocycles. The molecule has 0 amide bonds. The molecule has 0 unspecified atom stereocenters. The number of anilines is 2. The summed E-state index contributed by atoms with van der Waals surface area (Å²) in [5, 5.41) is 3.35. The number of hydrogen-bond donors (Lipinski definition) is 2. The first-order valence-electron chi connectivity index (χ1n) is 5.99. The Bertz CT molecular complexity index is 327. The molecule has 1 aliphatic carbocycles. The molecular formula is C12H20N4. The van der Waals surface area contributed by atoms with E-state index in [-0.39, 0.29) is 0 Å². The van der Waals surface area contributed by atoms with Crippen molar-refractivity contribution < 1.29 is 0 Å². The second-order valence-corrected chi connectivity index (χ2v) is 5.05. The van der Waals surface area contributed by atoms with Gasteiger partial charge in [-0.15, -0.1) is 0 Å². The maximum absolute atomic E-state index is 5.49. The molecule has 0 radical (unpaired) electrons. The Kier molecular flexibility index (Phi) is 3.27. The van der Waals surface area contributed by atoms with Crippen molar-refractivity contribution in [2.75, 3.05) is 17.6 Å². The molecule has 0 bridgehead atoms. The van der Waals surface area contributed by atoms with E-state index in [1.165, 1.54) is 32.1 Å². The number of nitrogens with one attached hydrogen (secondary N) is 1. The van der Waals surface area contributed by atoms with Crippen LogP contribution in [-0.2, 0) is 0 Å². The van der Waals surface area contributed by atoms with Crippen molar-refractivity contribution >= 4 is 11.6 Å². The molecule has 1 saturated carbocycles. The van der Waals surface area contributed by atoms with Crippen molar-refractivity contribution in [3.8, 4) is 0 Å². The fraction of sp³-hybridized carbons (Fsp3) is 0.667. The number of hydrogen-bond acceptors (Lipinski definition) is 4. The van der Waals surface area contributed by atoms with Crippen molar-refractivity contribution in [1.29, 1.82) is 0 Å². The lowest BCUT2D eigenvalue weighted by Crippen LogP contribution is -2.29. The number of nitrogens with zero attached hydrogens (tertiary/aromatic N) is 2. The van der Waals surface area contributed by atoms with Crippen LogP contribution in [0.4, 0.5) is 11.6 Å². The van der Waals surface area contributed by atoms with E-state index >= 15 is 0 Å². The van der Waals surface area contributed by atoms with Gasteiger partial charge >= 0.3 is 0 Å². The summed E-state index contributed by atoms with van der Waals surface area (Å²) < 4.78 is 0. The van der Waals surface area contributed by atoms with Crippen LogP contribution in [0.5, 0.6) is 0 Å². The first-order chi connectivity index (χ1) is 7.68. The summed E-state index contributed by atoms with van der Waals surface area (Å²) in [7, 11) is 0. The molecule has 4 heteroatoms. The van der Waals surface area contributed by atoms with Crippen LogP contribution >= 0.6 is 0 Å². The number of aromatic nitrogens is 2. The molecule has 88 valence electrons. The number of rotatable bonds is 3. The molecule has 0 spiro atoms. The summed E-state index contributed by atoms with van der Waals surface area (Å²) in [6, 6.07) is 0. The van der Waals surface area contributed by atoms with E-state index in [4.69, 9.17) is 5.73 Å². The van der Waals surface area contributed by atoms with Crippen molar-refractivity contribution in [3.63, 3.8) is 0 Å². The Hall–Kier alpha value is -1.32. The summed E-state index contributed by atoms with van der Waals surface area (Å²) >= 11 is 0. The highest BCUT2D eigenvalue weighted by atomic mass is 15.0. The van der Waals surface area contributed by atoms with Gasteiger partial charge in [-0.1, -0.05) is 26.2 Å². The van der Waals surface area contributed by atoms with Gasteiger partial charge in [0, 0.05) is 6.54 Å². The third-order valence-corrected chi connectivity index (χ3v) is 3.43. The van der Waals surface area contributed by atoms with Crippen molar-refractivity contribution in [1.82, 2.24) is 9.97 Å². The molecule has 1 heterocycles. The summed E-state index contributed by atoms with van der Waals surface area (Å²) in [6.07, 6.45) is 9.99. The molecule has 0 atom stereocenters. The largest absolute Gasteiger partial charge is 0.382 e. The van der Waals surface area contributed by atoms with Crippen LogP contribution in [0.3, 0.4) is 0 Å². The van der Waals surface area contributed by atoms with Crippen LogP contribution in [0.2, 0.25) is 0 Å². The molecule has 0 aliphatic heterocycles. The molecule has 3 N–H and O–H groups in total. The second-order valence-electron chi connectivity index (χ2n) is 5.05. The van der Waals surface area contributed by atoms with Gasteiger partial charge in [0.15, 0.2) is 0 Å². The quantitative estimate of drug-likeness (QED) is 0.821. The standard InChI is InChI=1S/C12H20N4/c1-12(5-3-2-4-6-12)9-16-11-8-14-10(13)7-15-11/h7-8H,2-6,9H2,1H3,(H2,13,14)(H,15,16). The third-order valence-electron chi connectivity index (χ3n) is 3.43. The Balaban J connectivity index is 1.88. The number of nitrogen functional groups attached to an aromatic ring is 1. The first kappa shape index (κ1) is 11.2. The molecule has 1 aliphatic rings. The van der Waals surface area contributed by atoms with Gasteiger partial charge in [0.1, 0.15) is 11.6 Å². The monoisotopic (exact) mass is 220 g/mol. The highest BCUT2D eigenvalue weighted by Crippen LogP contribution is 2.35. The molecule has 4 nitrogen and oxygen atoms in total. The Labute approximate surface area is 96.7 Å². The van der Waals surface area contributed by atoms with E-state index in [0.29, 0.717) is 11.2 Å². The van der Waals surface area contributed by atoms with Gasteiger partial charge < -0.3 is 11.1 Å². The van der Waals surface area contributed by atoms with E-state index in [1.54, 1.807) is 12.4 Å². The minimum atomic E-state index is 0.418. The maximum atomic E-state index is 5.49. The maximum Gasteiger partial charge on any atom is 0.144 e. The zero-order valence-corrected chi connectivity index (χ0v) is 9.87. The molecule has 0 saturated heterocycles. The van der Waals surface area contributed by atoms with Gasteiger partial charge in [0.2, 0.25) is 0 Å². The predicted octanol–water partition coefficient (Wildman–Crippen LogP) is 2.44. The van der Waals surface area contributed by atoms with Crippen molar-refractivity contribution in [2.45, 2.75) is 39.0 Å². The van der Waals surface area contributed by atoms with Crippen molar-refractivity contribution in [2.24, 2.45) is 5.41 Å². The molecular weight excluding hydrogens is 200 g/mol. The van der Waals surface area contributed by atoms with E-state index < -0.39 is 0 Å². The van der Waals surface area contributed by atoms with Crippen LogP contribution in [-0.4, -0.2) is 16.5 Å². The molecule has 1 aromatic heterocycles. The average molecular weight is 220 g/mol. The minimum Gasteiger partial charge on any atom is -0.382 e. The molecule has 1 aromatic rings.